The maximum atomic E-state index is 11.9. The van der Waals surface area contributed by atoms with Gasteiger partial charge < -0.3 is 15.2 Å². The van der Waals surface area contributed by atoms with Gasteiger partial charge in [-0.1, -0.05) is 0 Å². The number of nitrogens with one attached hydrogen (secondary N) is 1. The normalized spacial score (nSPS) is 10.1. The van der Waals surface area contributed by atoms with E-state index in [4.69, 9.17) is 4.74 Å². The van der Waals surface area contributed by atoms with E-state index < -0.39 is 0 Å². The molecule has 0 fully saturated rings. The third kappa shape index (κ3) is 3.98. The standard InChI is InChI=1S/C15H16N2O3/c1-2-20-14-7-5-12(6-8-14)16-15(19)11-17-9-3-4-13(18)10-17/h3-10H,2,11H2,1H3,(H-,16,18,19)/p+1. The van der Waals surface area contributed by atoms with Gasteiger partial charge in [-0.2, -0.15) is 4.57 Å². The van der Waals surface area contributed by atoms with Crippen molar-refractivity contribution in [3.05, 3.63) is 48.8 Å². The highest BCUT2D eigenvalue weighted by Crippen LogP contribution is 2.15. The minimum Gasteiger partial charge on any atom is -0.503 e. The summed E-state index contributed by atoms with van der Waals surface area (Å²) in [5, 5.41) is 12.1. The molecule has 0 aliphatic carbocycles. The van der Waals surface area contributed by atoms with Crippen molar-refractivity contribution in [1.29, 1.82) is 0 Å². The lowest BCUT2D eigenvalue weighted by Gasteiger charge is -2.05. The summed E-state index contributed by atoms with van der Waals surface area (Å²) in [5.74, 6) is 0.735. The molecule has 0 saturated heterocycles. The molecule has 20 heavy (non-hydrogen) atoms. The number of hydrogen-bond acceptors (Lipinski definition) is 3. The van der Waals surface area contributed by atoms with E-state index >= 15 is 0 Å². The molecule has 0 atom stereocenters. The summed E-state index contributed by atoms with van der Waals surface area (Å²) < 4.78 is 6.94. The zero-order valence-electron chi connectivity index (χ0n) is 11.2. The number of amides is 1. The molecule has 0 saturated carbocycles. The second-order valence-corrected chi connectivity index (χ2v) is 4.24. The quantitative estimate of drug-likeness (QED) is 0.815. The molecule has 0 spiro atoms. The Morgan fingerprint density at radius 2 is 2.05 bits per heavy atom. The number of nitrogens with zero attached hydrogens (tertiary/aromatic N) is 1. The SMILES string of the molecule is CCOc1ccc(NC(=O)C[n+]2cccc(O)c2)cc1. The van der Waals surface area contributed by atoms with E-state index in [0.717, 1.165) is 5.75 Å². The number of hydrogen-bond donors (Lipinski definition) is 2. The molecule has 104 valence electrons. The Bertz CT molecular complexity index is 582. The molecule has 0 unspecified atom stereocenters. The van der Waals surface area contributed by atoms with Gasteiger partial charge in [0.2, 0.25) is 12.7 Å². The third-order valence-electron chi connectivity index (χ3n) is 2.62. The first-order valence-corrected chi connectivity index (χ1v) is 6.38. The lowest BCUT2D eigenvalue weighted by Crippen LogP contribution is -2.39. The molecule has 2 aromatic rings. The van der Waals surface area contributed by atoms with Crippen LogP contribution in [0.4, 0.5) is 5.69 Å². The van der Waals surface area contributed by atoms with Crippen LogP contribution in [0.15, 0.2) is 48.8 Å². The molecule has 5 nitrogen and oxygen atoms in total. The molecule has 0 aliphatic heterocycles. The van der Waals surface area contributed by atoms with Crippen molar-refractivity contribution >= 4 is 11.6 Å². The maximum absolute atomic E-state index is 11.9. The average molecular weight is 273 g/mol. The summed E-state index contributed by atoms with van der Waals surface area (Å²) >= 11 is 0. The highest BCUT2D eigenvalue weighted by atomic mass is 16.5. The summed E-state index contributed by atoms with van der Waals surface area (Å²) in [4.78, 5) is 11.9. The summed E-state index contributed by atoms with van der Waals surface area (Å²) in [5.41, 5.74) is 0.708. The zero-order chi connectivity index (χ0) is 14.4. The van der Waals surface area contributed by atoms with Gasteiger partial charge in [-0.05, 0) is 37.3 Å². The van der Waals surface area contributed by atoms with Gasteiger partial charge in [-0.3, -0.25) is 4.79 Å². The monoisotopic (exact) mass is 273 g/mol. The molecule has 1 aromatic heterocycles. The fraction of sp³-hybridized carbons (Fsp3) is 0.200. The van der Waals surface area contributed by atoms with E-state index in [1.54, 1.807) is 47.2 Å². The van der Waals surface area contributed by atoms with Crippen LogP contribution in [0.3, 0.4) is 0 Å². The van der Waals surface area contributed by atoms with Gasteiger partial charge in [0.1, 0.15) is 5.75 Å². The van der Waals surface area contributed by atoms with Crippen LogP contribution in [0.5, 0.6) is 11.5 Å². The fourth-order valence-electron chi connectivity index (χ4n) is 1.77. The topological polar surface area (TPSA) is 62.4 Å². The van der Waals surface area contributed by atoms with Gasteiger partial charge in [0, 0.05) is 11.8 Å². The first kappa shape index (κ1) is 13.9. The Hall–Kier alpha value is -2.56. The smallest absolute Gasteiger partial charge is 0.290 e. The number of carbonyl (C=O) groups is 1. The lowest BCUT2D eigenvalue weighted by molar-refractivity contribution is -0.684. The fourth-order valence-corrected chi connectivity index (χ4v) is 1.77. The van der Waals surface area contributed by atoms with Crippen molar-refractivity contribution in [2.75, 3.05) is 11.9 Å². The molecule has 5 heteroatoms. The minimum atomic E-state index is -0.162. The van der Waals surface area contributed by atoms with E-state index in [1.807, 2.05) is 6.92 Å². The second-order valence-electron chi connectivity index (χ2n) is 4.24. The van der Waals surface area contributed by atoms with Crippen molar-refractivity contribution in [3.8, 4) is 11.5 Å². The second kappa shape index (κ2) is 6.56. The van der Waals surface area contributed by atoms with Gasteiger partial charge in [0.15, 0.2) is 11.9 Å². The molecule has 2 rings (SSSR count). The van der Waals surface area contributed by atoms with Gasteiger partial charge in [-0.15, -0.1) is 0 Å². The van der Waals surface area contributed by atoms with Crippen molar-refractivity contribution < 1.29 is 19.2 Å². The van der Waals surface area contributed by atoms with Crippen LogP contribution in [0.25, 0.3) is 0 Å². The van der Waals surface area contributed by atoms with E-state index in [9.17, 15) is 9.90 Å². The Morgan fingerprint density at radius 1 is 1.30 bits per heavy atom. The van der Waals surface area contributed by atoms with Gasteiger partial charge in [-0.25, -0.2) is 0 Å². The highest BCUT2D eigenvalue weighted by molar-refractivity contribution is 5.89. The Labute approximate surface area is 117 Å². The van der Waals surface area contributed by atoms with Crippen molar-refractivity contribution in [2.24, 2.45) is 0 Å². The summed E-state index contributed by atoms with van der Waals surface area (Å²) in [6.07, 6.45) is 3.22. The van der Waals surface area contributed by atoms with Crippen LogP contribution < -0.4 is 14.6 Å². The molecule has 1 aromatic carbocycles. The van der Waals surface area contributed by atoms with Crippen molar-refractivity contribution in [2.45, 2.75) is 13.5 Å². The number of benzene rings is 1. The van der Waals surface area contributed by atoms with Crippen LogP contribution in [-0.4, -0.2) is 17.6 Å². The largest absolute Gasteiger partial charge is 0.503 e. The molecule has 1 amide bonds. The maximum Gasteiger partial charge on any atom is 0.290 e. The van der Waals surface area contributed by atoms with Crippen molar-refractivity contribution in [3.63, 3.8) is 0 Å². The number of aromatic hydroxyl groups is 1. The van der Waals surface area contributed by atoms with Crippen LogP contribution >= 0.6 is 0 Å². The molecule has 0 bridgehead atoms. The average Bonchev–Trinajstić information content (AvgIpc) is 2.41. The molecular formula is C15H17N2O3+. The number of carbonyl (C=O) groups excluding carboxylic acids is 1. The summed E-state index contributed by atoms with van der Waals surface area (Å²) in [7, 11) is 0. The number of aromatic nitrogens is 1. The number of pyridine rings is 1. The van der Waals surface area contributed by atoms with E-state index in [1.165, 1.54) is 6.20 Å². The number of ether oxygens (including phenoxy) is 1. The van der Waals surface area contributed by atoms with Gasteiger partial charge >= 0.3 is 0 Å². The molecule has 2 N–H and O–H groups in total. The third-order valence-corrected chi connectivity index (χ3v) is 2.62. The van der Waals surface area contributed by atoms with Crippen LogP contribution in [-0.2, 0) is 11.3 Å². The molecular weight excluding hydrogens is 256 g/mol. The van der Waals surface area contributed by atoms with Crippen LogP contribution in [0.2, 0.25) is 0 Å². The molecule has 0 aliphatic rings. The van der Waals surface area contributed by atoms with Gasteiger partial charge in [0.05, 0.1) is 6.61 Å². The number of rotatable bonds is 5. The Morgan fingerprint density at radius 3 is 2.70 bits per heavy atom. The first-order valence-electron chi connectivity index (χ1n) is 6.38. The van der Waals surface area contributed by atoms with Crippen LogP contribution in [0.1, 0.15) is 6.92 Å². The lowest BCUT2D eigenvalue weighted by atomic mass is 10.3. The Kier molecular flexibility index (Phi) is 4.55. The predicted octanol–water partition coefficient (Wildman–Crippen LogP) is 1.72. The first-order chi connectivity index (χ1) is 9.67. The van der Waals surface area contributed by atoms with E-state index in [-0.39, 0.29) is 18.2 Å². The van der Waals surface area contributed by atoms with Crippen molar-refractivity contribution in [1.82, 2.24) is 0 Å². The molecule has 0 radical (unpaired) electrons. The van der Waals surface area contributed by atoms with Crippen LogP contribution in [0, 0.1) is 0 Å². The Balaban J connectivity index is 1.94. The summed E-state index contributed by atoms with van der Waals surface area (Å²) in [6.45, 7) is 2.67. The minimum absolute atomic E-state index is 0.126. The van der Waals surface area contributed by atoms with E-state index in [0.29, 0.717) is 12.3 Å². The molecule has 1 heterocycles. The van der Waals surface area contributed by atoms with Gasteiger partial charge in [0.25, 0.3) is 5.91 Å². The predicted molar refractivity (Wildman–Crippen MR) is 74.5 cm³/mol. The number of anilines is 1. The summed E-state index contributed by atoms with van der Waals surface area (Å²) in [6, 6.07) is 10.4. The zero-order valence-corrected chi connectivity index (χ0v) is 11.2. The highest BCUT2D eigenvalue weighted by Gasteiger charge is 2.10. The van der Waals surface area contributed by atoms with E-state index in [2.05, 4.69) is 5.32 Å².